The number of imidazole rings is 1. The number of aromatic nitrogens is 2. The molecular weight excluding hydrogens is 295 g/mol. The number of H-pyrrole nitrogens is 1. The number of amides is 1. The molecule has 0 radical (unpaired) electrons. The molecule has 0 spiro atoms. The average molecular weight is 313 g/mol. The molecule has 0 fully saturated rings. The molecule has 7 nitrogen and oxygen atoms in total. The zero-order chi connectivity index (χ0) is 12.7. The van der Waals surface area contributed by atoms with Crippen LogP contribution in [0.4, 0.5) is 0 Å². The van der Waals surface area contributed by atoms with E-state index in [0.29, 0.717) is 6.42 Å². The van der Waals surface area contributed by atoms with Gasteiger partial charge in [-0.3, -0.25) is 4.79 Å². The normalized spacial score (nSPS) is 10.6. The molecule has 0 bridgehead atoms. The molecule has 0 aliphatic heterocycles. The van der Waals surface area contributed by atoms with Crippen LogP contribution in [0.2, 0.25) is 0 Å². The second kappa shape index (κ2) is 10.6. The maximum absolute atomic E-state index is 11.5. The highest BCUT2D eigenvalue weighted by Gasteiger charge is 2.22. The summed E-state index contributed by atoms with van der Waals surface area (Å²) in [6.07, 6.45) is 3.58. The highest BCUT2D eigenvalue weighted by Crippen LogP contribution is 2.00. The SMILES string of the molecule is COC(=O)[C@H](Cc1cnc[nH]1)NC(=O)CCN.Cl.Cl. The van der Waals surface area contributed by atoms with Crippen molar-refractivity contribution in [2.45, 2.75) is 18.9 Å². The maximum atomic E-state index is 11.5. The number of hydrogen-bond donors (Lipinski definition) is 3. The van der Waals surface area contributed by atoms with Gasteiger partial charge in [-0.05, 0) is 0 Å². The van der Waals surface area contributed by atoms with Crippen molar-refractivity contribution in [3.63, 3.8) is 0 Å². The molecule has 0 aliphatic carbocycles. The van der Waals surface area contributed by atoms with Crippen LogP contribution in [-0.4, -0.2) is 41.5 Å². The molecule has 1 heterocycles. The van der Waals surface area contributed by atoms with Crippen LogP contribution in [0.25, 0.3) is 0 Å². The summed E-state index contributed by atoms with van der Waals surface area (Å²) in [4.78, 5) is 29.5. The minimum Gasteiger partial charge on any atom is -0.467 e. The fraction of sp³-hybridized carbons (Fsp3) is 0.500. The Hall–Kier alpha value is -1.31. The Morgan fingerprint density at radius 1 is 1.53 bits per heavy atom. The highest BCUT2D eigenvalue weighted by atomic mass is 35.5. The van der Waals surface area contributed by atoms with Crippen LogP contribution in [0, 0.1) is 0 Å². The molecule has 4 N–H and O–H groups in total. The van der Waals surface area contributed by atoms with Crippen molar-refractivity contribution in [2.24, 2.45) is 5.73 Å². The Bertz CT molecular complexity index is 373. The van der Waals surface area contributed by atoms with Crippen LogP contribution in [0.15, 0.2) is 12.5 Å². The molecule has 19 heavy (non-hydrogen) atoms. The van der Waals surface area contributed by atoms with Crippen molar-refractivity contribution < 1.29 is 14.3 Å². The Morgan fingerprint density at radius 2 is 2.21 bits per heavy atom. The second-order valence-electron chi connectivity index (χ2n) is 3.46. The van der Waals surface area contributed by atoms with Gasteiger partial charge >= 0.3 is 5.97 Å². The van der Waals surface area contributed by atoms with E-state index in [1.54, 1.807) is 6.20 Å². The topological polar surface area (TPSA) is 110 Å². The second-order valence-corrected chi connectivity index (χ2v) is 3.46. The van der Waals surface area contributed by atoms with Gasteiger partial charge in [-0.15, -0.1) is 24.8 Å². The first kappa shape index (κ1) is 20.0. The number of carbonyl (C=O) groups is 2. The van der Waals surface area contributed by atoms with Crippen molar-refractivity contribution in [1.82, 2.24) is 15.3 Å². The van der Waals surface area contributed by atoms with Crippen LogP contribution in [0.5, 0.6) is 0 Å². The fourth-order valence-electron chi connectivity index (χ4n) is 1.35. The predicted molar refractivity (Wildman–Crippen MR) is 74.4 cm³/mol. The largest absolute Gasteiger partial charge is 0.467 e. The van der Waals surface area contributed by atoms with Crippen molar-refractivity contribution in [2.75, 3.05) is 13.7 Å². The molecular formula is C10H18Cl2N4O3. The Kier molecular flexibility index (Phi) is 11.2. The number of ether oxygens (including phenoxy) is 1. The Labute approximate surface area is 123 Å². The molecule has 1 aromatic heterocycles. The van der Waals surface area contributed by atoms with Gasteiger partial charge in [0.2, 0.25) is 5.91 Å². The number of rotatable bonds is 6. The highest BCUT2D eigenvalue weighted by molar-refractivity contribution is 5.86. The molecule has 1 amide bonds. The van der Waals surface area contributed by atoms with E-state index < -0.39 is 12.0 Å². The first-order chi connectivity index (χ1) is 8.17. The minimum atomic E-state index is -0.723. The van der Waals surface area contributed by atoms with E-state index in [2.05, 4.69) is 20.0 Å². The molecule has 9 heteroatoms. The fourth-order valence-corrected chi connectivity index (χ4v) is 1.35. The van der Waals surface area contributed by atoms with Gasteiger partial charge in [-0.2, -0.15) is 0 Å². The number of halogens is 2. The lowest BCUT2D eigenvalue weighted by molar-refractivity contribution is -0.145. The van der Waals surface area contributed by atoms with Crippen molar-refractivity contribution >= 4 is 36.7 Å². The van der Waals surface area contributed by atoms with E-state index in [0.717, 1.165) is 5.69 Å². The van der Waals surface area contributed by atoms with Gasteiger partial charge in [0, 0.05) is 31.3 Å². The van der Waals surface area contributed by atoms with Crippen LogP contribution >= 0.6 is 24.8 Å². The zero-order valence-electron chi connectivity index (χ0n) is 10.4. The van der Waals surface area contributed by atoms with Crippen molar-refractivity contribution in [3.8, 4) is 0 Å². The van der Waals surface area contributed by atoms with E-state index >= 15 is 0 Å². The number of nitrogens with two attached hydrogens (primary N) is 1. The molecule has 0 aliphatic rings. The standard InChI is InChI=1S/C10H16N4O3.2ClH/c1-17-10(16)8(14-9(15)2-3-11)4-7-5-12-6-13-7;;/h5-6,8H,2-4,11H2,1H3,(H,12,13)(H,14,15);2*1H/t8-;;/m0../s1. The molecule has 1 aromatic rings. The smallest absolute Gasteiger partial charge is 0.328 e. The summed E-state index contributed by atoms with van der Waals surface area (Å²) in [7, 11) is 1.28. The first-order valence-electron chi connectivity index (χ1n) is 5.22. The first-order valence-corrected chi connectivity index (χ1v) is 5.22. The van der Waals surface area contributed by atoms with Gasteiger partial charge in [0.05, 0.1) is 13.4 Å². The third-order valence-electron chi connectivity index (χ3n) is 2.17. The van der Waals surface area contributed by atoms with E-state index in [4.69, 9.17) is 5.73 Å². The number of nitrogens with one attached hydrogen (secondary N) is 2. The number of nitrogens with zero attached hydrogens (tertiary/aromatic N) is 1. The van der Waals surface area contributed by atoms with Gasteiger partial charge in [0.1, 0.15) is 6.04 Å². The van der Waals surface area contributed by atoms with Crippen molar-refractivity contribution in [1.29, 1.82) is 0 Å². The average Bonchev–Trinajstić information content (AvgIpc) is 2.80. The Morgan fingerprint density at radius 3 is 2.68 bits per heavy atom. The third-order valence-corrected chi connectivity index (χ3v) is 2.17. The van der Waals surface area contributed by atoms with Gasteiger partial charge in [0.25, 0.3) is 0 Å². The molecule has 0 unspecified atom stereocenters. The quantitative estimate of drug-likeness (QED) is 0.630. The number of aromatic amines is 1. The van der Waals surface area contributed by atoms with Crippen molar-refractivity contribution in [3.05, 3.63) is 18.2 Å². The molecule has 0 saturated heterocycles. The Balaban J connectivity index is 0. The summed E-state index contributed by atoms with van der Waals surface area (Å²) in [5.74, 6) is -0.771. The molecule has 0 saturated carbocycles. The summed E-state index contributed by atoms with van der Waals surface area (Å²) in [6, 6.07) is -0.723. The molecule has 110 valence electrons. The van der Waals surface area contributed by atoms with Gasteiger partial charge in [0.15, 0.2) is 0 Å². The van der Waals surface area contributed by atoms with E-state index in [9.17, 15) is 9.59 Å². The van der Waals surface area contributed by atoms with Crippen LogP contribution in [0.1, 0.15) is 12.1 Å². The number of methoxy groups -OCH3 is 1. The lowest BCUT2D eigenvalue weighted by Crippen LogP contribution is -2.43. The minimum absolute atomic E-state index is 0. The summed E-state index contributed by atoms with van der Waals surface area (Å²) in [5, 5.41) is 2.57. The number of carbonyl (C=O) groups excluding carboxylic acids is 2. The lowest BCUT2D eigenvalue weighted by atomic mass is 10.1. The summed E-state index contributed by atoms with van der Waals surface area (Å²) in [6.45, 7) is 0.240. The van der Waals surface area contributed by atoms with Crippen LogP contribution in [-0.2, 0) is 20.7 Å². The zero-order valence-corrected chi connectivity index (χ0v) is 12.1. The van der Waals surface area contributed by atoms with Gasteiger partial charge in [-0.1, -0.05) is 0 Å². The summed E-state index contributed by atoms with van der Waals surface area (Å²) in [5.41, 5.74) is 6.00. The lowest BCUT2D eigenvalue weighted by Gasteiger charge is -2.15. The monoisotopic (exact) mass is 312 g/mol. The predicted octanol–water partition coefficient (Wildman–Crippen LogP) is -0.198. The maximum Gasteiger partial charge on any atom is 0.328 e. The number of esters is 1. The van der Waals surface area contributed by atoms with E-state index in [1.165, 1.54) is 13.4 Å². The number of hydrogen-bond acceptors (Lipinski definition) is 5. The summed E-state index contributed by atoms with van der Waals surface area (Å²) < 4.78 is 4.62. The third kappa shape index (κ3) is 7.00. The molecule has 1 atom stereocenters. The summed E-state index contributed by atoms with van der Waals surface area (Å²) >= 11 is 0. The molecule has 0 aromatic carbocycles. The van der Waals surface area contributed by atoms with Gasteiger partial charge < -0.3 is 20.8 Å². The molecule has 1 rings (SSSR count). The van der Waals surface area contributed by atoms with Gasteiger partial charge in [-0.25, -0.2) is 9.78 Å². The van der Waals surface area contributed by atoms with Crippen LogP contribution < -0.4 is 11.1 Å². The van der Waals surface area contributed by atoms with E-state index in [-0.39, 0.29) is 43.7 Å². The van der Waals surface area contributed by atoms with Crippen LogP contribution in [0.3, 0.4) is 0 Å². The van der Waals surface area contributed by atoms with E-state index in [1.807, 2.05) is 0 Å².